The molecule has 0 aromatic carbocycles. The van der Waals surface area contributed by atoms with Gasteiger partial charge in [0.25, 0.3) is 0 Å². The number of ether oxygens (including phenoxy) is 3. The minimum absolute atomic E-state index is 0.185. The smallest absolute Gasteiger partial charge is 0.186 e. The van der Waals surface area contributed by atoms with Gasteiger partial charge in [-0.05, 0) is 0 Å². The highest BCUT2D eigenvalue weighted by atomic mass is 16.7. The second-order valence-corrected chi connectivity index (χ2v) is 2.65. The van der Waals surface area contributed by atoms with Gasteiger partial charge >= 0.3 is 0 Å². The molecule has 4 atom stereocenters. The van der Waals surface area contributed by atoms with Crippen molar-refractivity contribution < 1.29 is 24.4 Å². The van der Waals surface area contributed by atoms with E-state index in [1.165, 1.54) is 14.2 Å². The topological polar surface area (TPSA) is 68.2 Å². The minimum atomic E-state index is -0.836. The SMILES string of the molecule is CO[C@@H]1O[C@@H](CO)[C@@H](OC)[C@@H]1O. The molecule has 1 fully saturated rings. The van der Waals surface area contributed by atoms with Gasteiger partial charge in [-0.2, -0.15) is 0 Å². The van der Waals surface area contributed by atoms with Gasteiger partial charge in [-0.25, -0.2) is 0 Å². The van der Waals surface area contributed by atoms with Crippen LogP contribution in [-0.2, 0) is 14.2 Å². The lowest BCUT2D eigenvalue weighted by atomic mass is 10.1. The van der Waals surface area contributed by atoms with Crippen molar-refractivity contribution in [3.63, 3.8) is 0 Å². The first-order valence-electron chi connectivity index (χ1n) is 3.74. The fourth-order valence-corrected chi connectivity index (χ4v) is 1.34. The summed E-state index contributed by atoms with van der Waals surface area (Å²) in [5.41, 5.74) is 0. The molecule has 5 heteroatoms. The molecule has 0 spiro atoms. The fourth-order valence-electron chi connectivity index (χ4n) is 1.34. The average molecular weight is 178 g/mol. The molecule has 0 unspecified atom stereocenters. The highest BCUT2D eigenvalue weighted by Gasteiger charge is 2.43. The van der Waals surface area contributed by atoms with Gasteiger partial charge in [0.15, 0.2) is 6.29 Å². The van der Waals surface area contributed by atoms with Gasteiger partial charge in [0, 0.05) is 14.2 Å². The summed E-state index contributed by atoms with van der Waals surface area (Å²) in [6, 6.07) is 0. The van der Waals surface area contributed by atoms with Crippen molar-refractivity contribution in [1.29, 1.82) is 0 Å². The van der Waals surface area contributed by atoms with Crippen LogP contribution in [-0.4, -0.2) is 55.6 Å². The molecule has 0 aliphatic carbocycles. The third-order valence-corrected chi connectivity index (χ3v) is 1.98. The largest absolute Gasteiger partial charge is 0.394 e. The number of methoxy groups -OCH3 is 2. The van der Waals surface area contributed by atoms with Crippen LogP contribution in [0.1, 0.15) is 0 Å². The molecule has 0 amide bonds. The monoisotopic (exact) mass is 178 g/mol. The second-order valence-electron chi connectivity index (χ2n) is 2.65. The Bertz CT molecular complexity index is 138. The lowest BCUT2D eigenvalue weighted by Gasteiger charge is -2.15. The van der Waals surface area contributed by atoms with Crippen molar-refractivity contribution in [3.8, 4) is 0 Å². The van der Waals surface area contributed by atoms with Crippen molar-refractivity contribution in [2.45, 2.75) is 24.6 Å². The van der Waals surface area contributed by atoms with E-state index in [2.05, 4.69) is 0 Å². The summed E-state index contributed by atoms with van der Waals surface area (Å²) in [6.07, 6.45) is -2.56. The Morgan fingerprint density at radius 1 is 1.33 bits per heavy atom. The summed E-state index contributed by atoms with van der Waals surface area (Å²) < 4.78 is 14.9. The second kappa shape index (κ2) is 4.15. The molecule has 5 nitrogen and oxygen atoms in total. The van der Waals surface area contributed by atoms with Crippen LogP contribution in [0.3, 0.4) is 0 Å². The molecule has 0 aromatic rings. The van der Waals surface area contributed by atoms with Crippen LogP contribution >= 0.6 is 0 Å². The van der Waals surface area contributed by atoms with Crippen molar-refractivity contribution in [3.05, 3.63) is 0 Å². The third kappa shape index (κ3) is 1.60. The number of hydrogen-bond donors (Lipinski definition) is 2. The summed E-state index contributed by atoms with van der Waals surface area (Å²) in [5.74, 6) is 0. The number of rotatable bonds is 3. The van der Waals surface area contributed by atoms with Crippen LogP contribution in [0.15, 0.2) is 0 Å². The van der Waals surface area contributed by atoms with Gasteiger partial charge in [0.05, 0.1) is 6.61 Å². The van der Waals surface area contributed by atoms with Crippen LogP contribution in [0.25, 0.3) is 0 Å². The molecular formula is C7H14O5. The lowest BCUT2D eigenvalue weighted by molar-refractivity contribution is -0.153. The summed E-state index contributed by atoms with van der Waals surface area (Å²) in [4.78, 5) is 0. The summed E-state index contributed by atoms with van der Waals surface area (Å²) >= 11 is 0. The highest BCUT2D eigenvalue weighted by Crippen LogP contribution is 2.23. The summed E-state index contributed by atoms with van der Waals surface area (Å²) in [7, 11) is 2.89. The zero-order valence-electron chi connectivity index (χ0n) is 7.14. The normalized spacial score (nSPS) is 42.0. The van der Waals surface area contributed by atoms with Crippen molar-refractivity contribution >= 4 is 0 Å². The molecule has 1 aliphatic heterocycles. The molecule has 0 bridgehead atoms. The van der Waals surface area contributed by atoms with E-state index in [1.807, 2.05) is 0 Å². The van der Waals surface area contributed by atoms with Crippen molar-refractivity contribution in [2.24, 2.45) is 0 Å². The minimum Gasteiger partial charge on any atom is -0.394 e. The van der Waals surface area contributed by atoms with Gasteiger partial charge in [-0.1, -0.05) is 0 Å². The Morgan fingerprint density at radius 3 is 2.33 bits per heavy atom. The van der Waals surface area contributed by atoms with E-state index in [1.54, 1.807) is 0 Å². The van der Waals surface area contributed by atoms with Gasteiger partial charge in [-0.3, -0.25) is 0 Å². The van der Waals surface area contributed by atoms with Crippen molar-refractivity contribution in [2.75, 3.05) is 20.8 Å². The zero-order chi connectivity index (χ0) is 9.14. The Labute approximate surface area is 70.9 Å². The molecule has 2 N–H and O–H groups in total. The maximum Gasteiger partial charge on any atom is 0.186 e. The van der Waals surface area contributed by atoms with Crippen LogP contribution in [0.5, 0.6) is 0 Å². The summed E-state index contributed by atoms with van der Waals surface area (Å²) in [5, 5.41) is 18.3. The van der Waals surface area contributed by atoms with Gasteiger partial charge < -0.3 is 24.4 Å². The first-order valence-corrected chi connectivity index (χ1v) is 3.74. The Hall–Kier alpha value is -0.200. The van der Waals surface area contributed by atoms with Gasteiger partial charge in [-0.15, -0.1) is 0 Å². The average Bonchev–Trinajstić information content (AvgIpc) is 2.41. The molecule has 0 radical (unpaired) electrons. The van der Waals surface area contributed by atoms with E-state index in [4.69, 9.17) is 19.3 Å². The third-order valence-electron chi connectivity index (χ3n) is 1.98. The molecule has 0 saturated carbocycles. The number of aliphatic hydroxyl groups excluding tert-OH is 2. The van der Waals surface area contributed by atoms with E-state index in [0.29, 0.717) is 0 Å². The predicted octanol–water partition coefficient (Wildman–Crippen LogP) is -1.27. The molecular weight excluding hydrogens is 164 g/mol. The standard InChI is InChI=1S/C7H14O5/c1-10-6-4(3-8)12-7(11-2)5(6)9/h4-9H,3H2,1-2H3/t4-,5-,6+,7+/m0/s1. The van der Waals surface area contributed by atoms with E-state index >= 15 is 0 Å². The summed E-state index contributed by atoms with van der Waals surface area (Å²) in [6.45, 7) is -0.185. The Morgan fingerprint density at radius 2 is 2.00 bits per heavy atom. The molecule has 12 heavy (non-hydrogen) atoms. The van der Waals surface area contributed by atoms with Crippen LogP contribution in [0.4, 0.5) is 0 Å². The number of aliphatic hydroxyl groups is 2. The molecule has 1 rings (SSSR count). The first-order chi connectivity index (χ1) is 5.74. The maximum atomic E-state index is 9.46. The van der Waals surface area contributed by atoms with E-state index in [9.17, 15) is 5.11 Å². The molecule has 72 valence electrons. The quantitative estimate of drug-likeness (QED) is 0.563. The Balaban J connectivity index is 2.58. The van der Waals surface area contributed by atoms with Crippen LogP contribution in [0.2, 0.25) is 0 Å². The predicted molar refractivity (Wildman–Crippen MR) is 39.6 cm³/mol. The van der Waals surface area contributed by atoms with E-state index in [-0.39, 0.29) is 6.61 Å². The van der Waals surface area contributed by atoms with Crippen molar-refractivity contribution in [1.82, 2.24) is 0 Å². The fraction of sp³-hybridized carbons (Fsp3) is 1.00. The van der Waals surface area contributed by atoms with Crippen LogP contribution < -0.4 is 0 Å². The first kappa shape index (κ1) is 9.88. The lowest BCUT2D eigenvalue weighted by Crippen LogP contribution is -2.36. The van der Waals surface area contributed by atoms with Crippen LogP contribution in [0, 0.1) is 0 Å². The molecule has 1 aliphatic rings. The van der Waals surface area contributed by atoms with E-state index < -0.39 is 24.6 Å². The van der Waals surface area contributed by atoms with Gasteiger partial charge in [0.1, 0.15) is 18.3 Å². The van der Waals surface area contributed by atoms with E-state index in [0.717, 1.165) is 0 Å². The molecule has 1 saturated heterocycles. The van der Waals surface area contributed by atoms with Gasteiger partial charge in [0.2, 0.25) is 0 Å². The number of hydrogen-bond acceptors (Lipinski definition) is 5. The maximum absolute atomic E-state index is 9.46. The zero-order valence-corrected chi connectivity index (χ0v) is 7.14. The highest BCUT2D eigenvalue weighted by molar-refractivity contribution is 4.87. The Kier molecular flexibility index (Phi) is 3.42. The molecule has 0 aromatic heterocycles. The molecule has 1 heterocycles.